The highest BCUT2D eigenvalue weighted by Gasteiger charge is 2.52. The minimum absolute atomic E-state index is 0.0898. The predicted molar refractivity (Wildman–Crippen MR) is 125 cm³/mol. The Kier molecular flexibility index (Phi) is 6.36. The summed E-state index contributed by atoms with van der Waals surface area (Å²) in [7, 11) is 0. The summed E-state index contributed by atoms with van der Waals surface area (Å²) in [6.45, 7) is 5.36. The maximum Gasteiger partial charge on any atom is 0.408 e. The molecule has 34 heavy (non-hydrogen) atoms. The van der Waals surface area contributed by atoms with E-state index in [9.17, 15) is 19.5 Å². The van der Waals surface area contributed by atoms with Crippen molar-refractivity contribution in [3.05, 3.63) is 59.7 Å². The molecule has 3 N–H and O–H groups in total. The Morgan fingerprint density at radius 1 is 1.03 bits per heavy atom. The van der Waals surface area contributed by atoms with Crippen molar-refractivity contribution in [1.82, 2.24) is 10.6 Å². The average molecular weight is 467 g/mol. The first kappa shape index (κ1) is 23.8. The maximum absolute atomic E-state index is 12.8. The number of carboxylic acids is 1. The van der Waals surface area contributed by atoms with Gasteiger partial charge >= 0.3 is 12.1 Å². The number of carbonyl (C=O) groups excluding carboxylic acids is 2. The molecule has 1 atom stereocenters. The van der Waals surface area contributed by atoms with E-state index < -0.39 is 35.2 Å². The number of rotatable bonds is 8. The summed E-state index contributed by atoms with van der Waals surface area (Å²) in [5, 5.41) is 14.6. The Bertz CT molecular complexity index is 1060. The van der Waals surface area contributed by atoms with Gasteiger partial charge in [-0.15, -0.1) is 0 Å². The number of ether oxygens (including phenoxy) is 2. The lowest BCUT2D eigenvalue weighted by Gasteiger charge is -2.25. The largest absolute Gasteiger partial charge is 0.480 e. The number of carbonyl (C=O) groups is 3. The Balaban J connectivity index is 1.36. The van der Waals surface area contributed by atoms with Gasteiger partial charge in [-0.3, -0.25) is 4.79 Å². The second-order valence-electron chi connectivity index (χ2n) is 9.82. The Hall–Kier alpha value is -3.39. The predicted octanol–water partition coefficient (Wildman–Crippen LogP) is 3.44. The van der Waals surface area contributed by atoms with E-state index in [4.69, 9.17) is 9.47 Å². The standard InChI is InChI=1S/C26H30N2O6/c1-25(2,3)34-15-21(22(29)30)27-23(31)26(12-13-26)28-24(32)33-14-20-18-10-6-4-8-16(18)17-9-5-7-11-19(17)20/h4-11,20-21H,12-15H2,1-3H3,(H,27,31)(H,28,32)(H,29,30)/t21-/m0/s1. The fraction of sp³-hybridized carbons (Fsp3) is 0.423. The fourth-order valence-electron chi connectivity index (χ4n) is 4.17. The van der Waals surface area contributed by atoms with Crippen molar-refractivity contribution in [3.63, 3.8) is 0 Å². The summed E-state index contributed by atoms with van der Waals surface area (Å²) in [6, 6.07) is 14.8. The molecule has 0 heterocycles. The molecule has 0 saturated heterocycles. The molecule has 2 aromatic rings. The van der Waals surface area contributed by atoms with Gasteiger partial charge in [0, 0.05) is 5.92 Å². The van der Waals surface area contributed by atoms with Crippen molar-refractivity contribution in [2.45, 2.75) is 56.7 Å². The van der Waals surface area contributed by atoms with E-state index in [0.29, 0.717) is 12.8 Å². The van der Waals surface area contributed by atoms with E-state index in [1.165, 1.54) is 0 Å². The smallest absolute Gasteiger partial charge is 0.408 e. The van der Waals surface area contributed by atoms with Crippen molar-refractivity contribution in [2.75, 3.05) is 13.2 Å². The zero-order valence-corrected chi connectivity index (χ0v) is 19.6. The van der Waals surface area contributed by atoms with Crippen molar-refractivity contribution < 1.29 is 29.0 Å². The van der Waals surface area contributed by atoms with Crippen molar-refractivity contribution in [2.24, 2.45) is 0 Å². The Morgan fingerprint density at radius 3 is 2.09 bits per heavy atom. The van der Waals surface area contributed by atoms with Crippen LogP contribution in [0.25, 0.3) is 11.1 Å². The monoisotopic (exact) mass is 466 g/mol. The third-order valence-electron chi connectivity index (χ3n) is 6.16. The highest BCUT2D eigenvalue weighted by molar-refractivity contribution is 5.95. The van der Waals surface area contributed by atoms with Gasteiger partial charge < -0.3 is 25.2 Å². The molecule has 180 valence electrons. The molecule has 2 aromatic carbocycles. The number of alkyl carbamates (subject to hydrolysis) is 1. The molecule has 0 aliphatic heterocycles. The SMILES string of the molecule is CC(C)(C)OC[C@H](NC(=O)C1(NC(=O)OCC2c3ccccc3-c3ccccc32)CC1)C(=O)O. The molecule has 2 aliphatic rings. The lowest BCUT2D eigenvalue weighted by atomic mass is 9.98. The number of aliphatic carboxylic acids is 1. The van der Waals surface area contributed by atoms with Gasteiger partial charge in [0.2, 0.25) is 5.91 Å². The summed E-state index contributed by atoms with van der Waals surface area (Å²) >= 11 is 0. The van der Waals surface area contributed by atoms with Crippen LogP contribution >= 0.6 is 0 Å². The van der Waals surface area contributed by atoms with Gasteiger partial charge in [0.25, 0.3) is 0 Å². The van der Waals surface area contributed by atoms with Crippen LogP contribution in [0.5, 0.6) is 0 Å². The minimum Gasteiger partial charge on any atom is -0.480 e. The number of fused-ring (bicyclic) bond motifs is 3. The van der Waals surface area contributed by atoms with Crippen molar-refractivity contribution in [3.8, 4) is 11.1 Å². The van der Waals surface area contributed by atoms with E-state index in [-0.39, 0.29) is 19.1 Å². The van der Waals surface area contributed by atoms with E-state index in [0.717, 1.165) is 22.3 Å². The molecule has 2 amide bonds. The van der Waals surface area contributed by atoms with Gasteiger partial charge in [0.15, 0.2) is 6.04 Å². The fourth-order valence-corrected chi connectivity index (χ4v) is 4.17. The molecule has 0 bridgehead atoms. The van der Waals surface area contributed by atoms with Gasteiger partial charge in [0.1, 0.15) is 12.1 Å². The summed E-state index contributed by atoms with van der Waals surface area (Å²) in [4.78, 5) is 37.0. The number of hydrogen-bond acceptors (Lipinski definition) is 5. The van der Waals surface area contributed by atoms with Crippen molar-refractivity contribution >= 4 is 18.0 Å². The summed E-state index contributed by atoms with van der Waals surface area (Å²) < 4.78 is 11.1. The van der Waals surface area contributed by atoms with E-state index >= 15 is 0 Å². The molecular formula is C26H30N2O6. The minimum atomic E-state index is -1.21. The first-order valence-electron chi connectivity index (χ1n) is 11.4. The Labute approximate surface area is 198 Å². The van der Waals surface area contributed by atoms with Crippen LogP contribution in [-0.4, -0.2) is 53.5 Å². The molecule has 8 heteroatoms. The molecule has 1 fully saturated rings. The molecule has 2 aliphatic carbocycles. The second kappa shape index (κ2) is 9.10. The number of amides is 2. The van der Waals surface area contributed by atoms with Crippen LogP contribution in [0.3, 0.4) is 0 Å². The summed E-state index contributed by atoms with van der Waals surface area (Å²) in [5.41, 5.74) is 2.74. The van der Waals surface area contributed by atoms with Gasteiger partial charge in [-0.25, -0.2) is 9.59 Å². The van der Waals surface area contributed by atoms with Gasteiger partial charge in [-0.2, -0.15) is 0 Å². The van der Waals surface area contributed by atoms with Crippen LogP contribution in [0.2, 0.25) is 0 Å². The maximum atomic E-state index is 12.8. The molecule has 1 saturated carbocycles. The quantitative estimate of drug-likeness (QED) is 0.549. The first-order chi connectivity index (χ1) is 16.1. The van der Waals surface area contributed by atoms with Gasteiger partial charge in [-0.1, -0.05) is 48.5 Å². The zero-order chi connectivity index (χ0) is 24.5. The van der Waals surface area contributed by atoms with E-state index in [1.54, 1.807) is 20.8 Å². The lowest BCUT2D eigenvalue weighted by molar-refractivity contribution is -0.145. The normalized spacial score (nSPS) is 16.7. The third kappa shape index (κ3) is 5.07. The number of carboxylic acid groups (broad SMARTS) is 1. The third-order valence-corrected chi connectivity index (χ3v) is 6.16. The second-order valence-corrected chi connectivity index (χ2v) is 9.82. The van der Waals surface area contributed by atoms with Crippen molar-refractivity contribution in [1.29, 1.82) is 0 Å². The van der Waals surface area contributed by atoms with E-state index in [1.807, 2.05) is 36.4 Å². The van der Waals surface area contributed by atoms with Gasteiger partial charge in [-0.05, 0) is 55.9 Å². The highest BCUT2D eigenvalue weighted by atomic mass is 16.5. The van der Waals surface area contributed by atoms with Gasteiger partial charge in [0.05, 0.1) is 12.2 Å². The zero-order valence-electron chi connectivity index (χ0n) is 19.6. The van der Waals surface area contributed by atoms with Crippen LogP contribution in [0.1, 0.15) is 50.7 Å². The highest BCUT2D eigenvalue weighted by Crippen LogP contribution is 2.44. The first-order valence-corrected chi connectivity index (χ1v) is 11.4. The number of nitrogens with one attached hydrogen (secondary N) is 2. The lowest BCUT2D eigenvalue weighted by Crippen LogP contribution is -2.55. The Morgan fingerprint density at radius 2 is 1.59 bits per heavy atom. The van der Waals surface area contributed by atoms with Crippen LogP contribution in [0.4, 0.5) is 4.79 Å². The average Bonchev–Trinajstić information content (AvgIpc) is 3.50. The van der Waals surface area contributed by atoms with Crippen LogP contribution in [0.15, 0.2) is 48.5 Å². The molecule has 0 radical (unpaired) electrons. The molecular weight excluding hydrogens is 436 g/mol. The summed E-state index contributed by atoms with van der Waals surface area (Å²) in [6.07, 6.45) is 0.123. The molecule has 0 unspecified atom stereocenters. The molecule has 4 rings (SSSR count). The summed E-state index contributed by atoms with van der Waals surface area (Å²) in [5.74, 6) is -1.84. The van der Waals surface area contributed by atoms with E-state index in [2.05, 4.69) is 22.8 Å². The molecule has 8 nitrogen and oxygen atoms in total. The van der Waals surface area contributed by atoms with Crippen LogP contribution in [0, 0.1) is 0 Å². The number of benzene rings is 2. The van der Waals surface area contributed by atoms with Crippen LogP contribution in [-0.2, 0) is 19.1 Å². The topological polar surface area (TPSA) is 114 Å². The van der Waals surface area contributed by atoms with Crippen LogP contribution < -0.4 is 10.6 Å². The molecule has 0 aromatic heterocycles. The molecule has 0 spiro atoms. The number of hydrogen-bond donors (Lipinski definition) is 3.